The normalized spacial score (nSPS) is 16.8. The Morgan fingerprint density at radius 2 is 1.69 bits per heavy atom. The fourth-order valence-electron chi connectivity index (χ4n) is 3.72. The Hall–Kier alpha value is -1.95. The molecule has 0 unspecified atom stereocenters. The molecule has 2 aromatic rings. The van der Waals surface area contributed by atoms with Crippen LogP contribution in [0.25, 0.3) is 10.8 Å². The summed E-state index contributed by atoms with van der Waals surface area (Å²) in [5, 5.41) is 1.99. The largest absolute Gasteiger partial charge is 0.495 e. The molecule has 1 aliphatic heterocycles. The molecular weight excluding hydrogens is 434 g/mol. The molecule has 3 rings (SSSR count). The molecule has 0 bridgehead atoms. The second-order valence-electron chi connectivity index (χ2n) is 8.67. The van der Waals surface area contributed by atoms with Gasteiger partial charge in [0.1, 0.15) is 12.4 Å². The monoisotopic (exact) mass is 463 g/mol. The number of nitrogens with zero attached hydrogens (tertiary/aromatic N) is 1. The highest BCUT2D eigenvalue weighted by Gasteiger charge is 2.32. The Kier molecular flexibility index (Phi) is 6.04. The van der Waals surface area contributed by atoms with Crippen molar-refractivity contribution in [2.24, 2.45) is 10.4 Å². The third-order valence-electron chi connectivity index (χ3n) is 5.38. The van der Waals surface area contributed by atoms with Gasteiger partial charge in [-0.25, -0.2) is 4.99 Å². The number of hydrogen-bond donors (Lipinski definition) is 0. The molecule has 5 nitrogen and oxygen atoms in total. The van der Waals surface area contributed by atoms with Crippen molar-refractivity contribution in [3.05, 3.63) is 27.7 Å². The topological polar surface area (TPSA) is 49.3 Å². The van der Waals surface area contributed by atoms with E-state index in [-0.39, 0.29) is 17.4 Å². The van der Waals surface area contributed by atoms with Gasteiger partial charge in [-0.1, -0.05) is 34.6 Å². The van der Waals surface area contributed by atoms with Crippen LogP contribution in [0.3, 0.4) is 0 Å². The minimum absolute atomic E-state index is 0.0365. The Bertz CT molecular complexity index is 960. The van der Waals surface area contributed by atoms with Gasteiger partial charge in [0.2, 0.25) is 5.90 Å². The molecule has 158 valence electrons. The van der Waals surface area contributed by atoms with Crippen LogP contribution in [0.1, 0.15) is 51.7 Å². The summed E-state index contributed by atoms with van der Waals surface area (Å²) in [6, 6.07) is 4.19. The summed E-state index contributed by atoms with van der Waals surface area (Å²) in [5.41, 5.74) is 1.99. The Morgan fingerprint density at radius 1 is 1.03 bits per heavy atom. The second-order valence-corrected chi connectivity index (χ2v) is 9.47. The van der Waals surface area contributed by atoms with E-state index in [1.807, 2.05) is 6.07 Å². The maximum Gasteiger partial charge on any atom is 0.217 e. The van der Waals surface area contributed by atoms with E-state index in [2.05, 4.69) is 56.6 Å². The molecule has 29 heavy (non-hydrogen) atoms. The summed E-state index contributed by atoms with van der Waals surface area (Å²) in [6.07, 6.45) is 0. The lowest BCUT2D eigenvalue weighted by Gasteiger charge is -2.22. The standard InChI is InChI=1S/C23H30BrNO4/c1-12(2)18-13-9-15(22-25-17(11-29-22)23(3,4)5)19(24)20(27-7)14(13)10-16(26-6)21(18)28-8/h9-10,12,17H,11H2,1-8H3/t17-/m1/s1. The average molecular weight is 464 g/mol. The zero-order valence-corrected chi connectivity index (χ0v) is 20.1. The zero-order valence-electron chi connectivity index (χ0n) is 18.5. The Balaban J connectivity index is 2.35. The van der Waals surface area contributed by atoms with E-state index < -0.39 is 0 Å². The maximum absolute atomic E-state index is 6.02. The molecule has 1 atom stereocenters. The van der Waals surface area contributed by atoms with Crippen LogP contribution in [-0.4, -0.2) is 39.9 Å². The Morgan fingerprint density at radius 3 is 2.17 bits per heavy atom. The predicted octanol–water partition coefficient (Wildman–Crippen LogP) is 5.94. The summed E-state index contributed by atoms with van der Waals surface area (Å²) < 4.78 is 24.0. The van der Waals surface area contributed by atoms with Crippen LogP contribution >= 0.6 is 15.9 Å². The molecule has 0 fully saturated rings. The fraction of sp³-hybridized carbons (Fsp3) is 0.522. The molecule has 1 aliphatic rings. The van der Waals surface area contributed by atoms with E-state index in [4.69, 9.17) is 23.9 Å². The number of rotatable bonds is 5. The smallest absolute Gasteiger partial charge is 0.217 e. The lowest BCUT2D eigenvalue weighted by Crippen LogP contribution is -2.25. The van der Waals surface area contributed by atoms with Gasteiger partial charge >= 0.3 is 0 Å². The molecule has 0 saturated carbocycles. The quantitative estimate of drug-likeness (QED) is 0.549. The summed E-state index contributed by atoms with van der Waals surface area (Å²) in [7, 11) is 4.99. The molecule has 6 heteroatoms. The third kappa shape index (κ3) is 3.79. The SMILES string of the molecule is COc1cc2c(OC)c(Br)c(C3=N[C@@H](C(C)(C)C)CO3)cc2c(C(C)C)c1OC. The number of benzene rings is 2. The van der Waals surface area contributed by atoms with Crippen LogP contribution in [0.2, 0.25) is 0 Å². The van der Waals surface area contributed by atoms with E-state index in [0.717, 1.165) is 37.9 Å². The van der Waals surface area contributed by atoms with Crippen molar-refractivity contribution in [3.8, 4) is 17.2 Å². The first-order valence-electron chi connectivity index (χ1n) is 9.80. The van der Waals surface area contributed by atoms with Gasteiger partial charge in [0.05, 0.1) is 37.4 Å². The van der Waals surface area contributed by atoms with Crippen LogP contribution in [0.5, 0.6) is 17.2 Å². The molecule has 0 spiro atoms. The summed E-state index contributed by atoms with van der Waals surface area (Å²) in [5.74, 6) is 3.01. The van der Waals surface area contributed by atoms with Gasteiger partial charge in [0.15, 0.2) is 11.5 Å². The minimum atomic E-state index is 0.0365. The first kappa shape index (κ1) is 21.8. The predicted molar refractivity (Wildman–Crippen MR) is 121 cm³/mol. The van der Waals surface area contributed by atoms with Crippen molar-refractivity contribution >= 4 is 32.6 Å². The Labute approximate surface area is 181 Å². The van der Waals surface area contributed by atoms with E-state index in [9.17, 15) is 0 Å². The van der Waals surface area contributed by atoms with Crippen molar-refractivity contribution in [1.29, 1.82) is 0 Å². The van der Waals surface area contributed by atoms with Gasteiger partial charge in [-0.2, -0.15) is 0 Å². The summed E-state index contributed by atoms with van der Waals surface area (Å²) >= 11 is 3.73. The van der Waals surface area contributed by atoms with E-state index in [1.54, 1.807) is 21.3 Å². The van der Waals surface area contributed by atoms with Gasteiger partial charge in [-0.05, 0) is 44.8 Å². The van der Waals surface area contributed by atoms with Crippen molar-refractivity contribution in [2.45, 2.75) is 46.6 Å². The lowest BCUT2D eigenvalue weighted by molar-refractivity contribution is 0.236. The van der Waals surface area contributed by atoms with Crippen molar-refractivity contribution in [1.82, 2.24) is 0 Å². The lowest BCUT2D eigenvalue weighted by atomic mass is 9.88. The molecule has 1 heterocycles. The molecule has 0 aliphatic carbocycles. The van der Waals surface area contributed by atoms with Gasteiger partial charge in [-0.15, -0.1) is 0 Å². The molecule has 0 radical (unpaired) electrons. The van der Waals surface area contributed by atoms with Crippen molar-refractivity contribution in [2.75, 3.05) is 27.9 Å². The first-order valence-corrected chi connectivity index (χ1v) is 10.6. The summed E-state index contributed by atoms with van der Waals surface area (Å²) in [6.45, 7) is 11.4. The van der Waals surface area contributed by atoms with E-state index in [1.165, 1.54) is 0 Å². The van der Waals surface area contributed by atoms with Crippen LogP contribution in [0.4, 0.5) is 0 Å². The first-order chi connectivity index (χ1) is 13.6. The summed E-state index contributed by atoms with van der Waals surface area (Å²) in [4.78, 5) is 4.88. The highest BCUT2D eigenvalue weighted by Crippen LogP contribution is 2.47. The van der Waals surface area contributed by atoms with Gasteiger partial charge in [0, 0.05) is 10.9 Å². The van der Waals surface area contributed by atoms with Gasteiger partial charge in [-0.3, -0.25) is 0 Å². The number of methoxy groups -OCH3 is 3. The maximum atomic E-state index is 6.02. The highest BCUT2D eigenvalue weighted by molar-refractivity contribution is 9.10. The van der Waals surface area contributed by atoms with Crippen molar-refractivity contribution < 1.29 is 18.9 Å². The van der Waals surface area contributed by atoms with E-state index in [0.29, 0.717) is 18.3 Å². The number of fused-ring (bicyclic) bond motifs is 1. The zero-order chi connectivity index (χ0) is 21.5. The second kappa shape index (κ2) is 8.05. The fourth-order valence-corrected chi connectivity index (χ4v) is 4.38. The molecular formula is C23H30BrNO4. The number of hydrogen-bond acceptors (Lipinski definition) is 5. The number of aliphatic imine (C=N–C) groups is 1. The van der Waals surface area contributed by atoms with Crippen molar-refractivity contribution in [3.63, 3.8) is 0 Å². The molecule has 2 aromatic carbocycles. The van der Waals surface area contributed by atoms with Crippen LogP contribution in [-0.2, 0) is 4.74 Å². The minimum Gasteiger partial charge on any atom is -0.495 e. The van der Waals surface area contributed by atoms with Crippen LogP contribution in [0, 0.1) is 5.41 Å². The molecule has 0 aromatic heterocycles. The van der Waals surface area contributed by atoms with Gasteiger partial charge < -0.3 is 18.9 Å². The third-order valence-corrected chi connectivity index (χ3v) is 6.17. The van der Waals surface area contributed by atoms with Crippen LogP contribution < -0.4 is 14.2 Å². The molecule has 0 N–H and O–H groups in total. The van der Waals surface area contributed by atoms with E-state index >= 15 is 0 Å². The number of ether oxygens (including phenoxy) is 4. The average Bonchev–Trinajstić information content (AvgIpc) is 3.16. The highest BCUT2D eigenvalue weighted by atomic mass is 79.9. The van der Waals surface area contributed by atoms with Gasteiger partial charge in [0.25, 0.3) is 0 Å². The van der Waals surface area contributed by atoms with Crippen LogP contribution in [0.15, 0.2) is 21.6 Å². The molecule has 0 saturated heterocycles. The molecule has 0 amide bonds. The number of halogens is 1.